The molecule has 1 aromatic rings. The van der Waals surface area contributed by atoms with Gasteiger partial charge in [-0.2, -0.15) is 0 Å². The van der Waals surface area contributed by atoms with E-state index in [0.717, 1.165) is 18.3 Å². The molecule has 1 unspecified atom stereocenters. The number of thiophene rings is 1. The van der Waals surface area contributed by atoms with Crippen molar-refractivity contribution in [1.82, 2.24) is 0 Å². The van der Waals surface area contributed by atoms with Gasteiger partial charge in [-0.15, -0.1) is 11.3 Å². The lowest BCUT2D eigenvalue weighted by atomic mass is 9.96. The van der Waals surface area contributed by atoms with Crippen LogP contribution in [0.3, 0.4) is 0 Å². The molecule has 0 spiro atoms. The Kier molecular flexibility index (Phi) is 3.50. The van der Waals surface area contributed by atoms with Gasteiger partial charge in [-0.3, -0.25) is 0 Å². The van der Waals surface area contributed by atoms with E-state index in [2.05, 4.69) is 15.9 Å². The lowest BCUT2D eigenvalue weighted by Gasteiger charge is -2.18. The first kappa shape index (κ1) is 12.6. The summed E-state index contributed by atoms with van der Waals surface area (Å²) in [4.78, 5) is 10.8. The molecule has 0 aliphatic carbocycles. The zero-order valence-corrected chi connectivity index (χ0v) is 10.5. The molecule has 1 rings (SSSR count). The lowest BCUT2D eigenvalue weighted by Crippen LogP contribution is -2.20. The molecule has 6 heteroatoms. The number of aromatic carboxylic acids is 1. The molecule has 1 atom stereocenters. The van der Waals surface area contributed by atoms with Crippen molar-refractivity contribution in [2.24, 2.45) is 0 Å². The normalized spacial score (nSPS) is 13.9. The minimum atomic E-state index is -2.93. The van der Waals surface area contributed by atoms with Gasteiger partial charge in [0.25, 0.3) is 5.92 Å². The fourth-order valence-electron chi connectivity index (χ4n) is 1.14. The molecule has 15 heavy (non-hydrogen) atoms. The summed E-state index contributed by atoms with van der Waals surface area (Å²) in [5.41, 5.74) is 0.173. The summed E-state index contributed by atoms with van der Waals surface area (Å²) in [6.45, 7) is 2.11. The molecule has 0 fully saturated rings. The maximum Gasteiger partial charge on any atom is 0.346 e. The Labute approximate surface area is 98.1 Å². The maximum absolute atomic E-state index is 13.1. The average Bonchev–Trinajstić information content (AvgIpc) is 2.44. The van der Waals surface area contributed by atoms with E-state index in [9.17, 15) is 13.6 Å². The first-order chi connectivity index (χ1) is 6.73. The number of hydrogen-bond donors (Lipinski definition) is 1. The average molecular weight is 299 g/mol. The van der Waals surface area contributed by atoms with Crippen molar-refractivity contribution in [2.75, 3.05) is 0 Å². The van der Waals surface area contributed by atoms with Crippen LogP contribution in [0, 0.1) is 0 Å². The minimum Gasteiger partial charge on any atom is -0.477 e. The van der Waals surface area contributed by atoms with Crippen molar-refractivity contribution in [1.29, 1.82) is 0 Å². The molecule has 1 heterocycles. The van der Waals surface area contributed by atoms with Crippen molar-refractivity contribution in [3.8, 4) is 0 Å². The maximum atomic E-state index is 13.1. The van der Waals surface area contributed by atoms with E-state index in [0.29, 0.717) is 3.79 Å². The smallest absolute Gasteiger partial charge is 0.346 e. The van der Waals surface area contributed by atoms with Gasteiger partial charge in [0.15, 0.2) is 0 Å². The van der Waals surface area contributed by atoms with Gasteiger partial charge in [0.1, 0.15) is 4.88 Å². The highest BCUT2D eigenvalue weighted by Crippen LogP contribution is 2.39. The number of alkyl halides is 2. The quantitative estimate of drug-likeness (QED) is 0.917. The molecule has 0 saturated heterocycles. The van der Waals surface area contributed by atoms with Crippen LogP contribution in [0.4, 0.5) is 8.78 Å². The summed E-state index contributed by atoms with van der Waals surface area (Å²) in [6, 6.07) is 1.44. The van der Waals surface area contributed by atoms with Crippen LogP contribution in [-0.2, 0) is 0 Å². The molecule has 0 radical (unpaired) electrons. The van der Waals surface area contributed by atoms with Crippen LogP contribution >= 0.6 is 27.3 Å². The van der Waals surface area contributed by atoms with Crippen LogP contribution < -0.4 is 0 Å². The fraction of sp³-hybridized carbons (Fsp3) is 0.444. The summed E-state index contributed by atoms with van der Waals surface area (Å²) in [7, 11) is 0. The molecule has 0 bridgehead atoms. The molecule has 0 aliphatic heterocycles. The van der Waals surface area contributed by atoms with E-state index >= 15 is 0 Å². The van der Waals surface area contributed by atoms with Crippen molar-refractivity contribution in [3.63, 3.8) is 0 Å². The monoisotopic (exact) mass is 298 g/mol. The Balaban J connectivity index is 3.19. The van der Waals surface area contributed by atoms with Gasteiger partial charge in [-0.1, -0.05) is 6.92 Å². The van der Waals surface area contributed by atoms with Gasteiger partial charge in [-0.05, 0) is 34.5 Å². The van der Waals surface area contributed by atoms with Crippen LogP contribution in [-0.4, -0.2) is 17.0 Å². The molecular weight excluding hydrogens is 290 g/mol. The summed E-state index contributed by atoms with van der Waals surface area (Å²) in [5.74, 6) is -5.20. The van der Waals surface area contributed by atoms with Crippen LogP contribution in [0.2, 0.25) is 0 Å². The predicted octanol–water partition coefficient (Wildman–Crippen LogP) is 3.97. The molecule has 0 saturated carbocycles. The number of carboxylic acid groups (broad SMARTS) is 1. The zero-order chi connectivity index (χ0) is 11.8. The van der Waals surface area contributed by atoms with Crippen LogP contribution in [0.5, 0.6) is 0 Å². The SMILES string of the molecule is CC(c1cc(Br)sc1C(=O)O)C(C)(F)F. The van der Waals surface area contributed by atoms with Gasteiger partial charge >= 0.3 is 5.97 Å². The molecule has 0 amide bonds. The van der Waals surface area contributed by atoms with E-state index in [1.54, 1.807) is 0 Å². The predicted molar refractivity (Wildman–Crippen MR) is 58.0 cm³/mol. The molecule has 1 N–H and O–H groups in total. The Morgan fingerprint density at radius 2 is 2.20 bits per heavy atom. The van der Waals surface area contributed by atoms with Gasteiger partial charge in [0, 0.05) is 5.92 Å². The van der Waals surface area contributed by atoms with Gasteiger partial charge in [-0.25, -0.2) is 13.6 Å². The highest BCUT2D eigenvalue weighted by molar-refractivity contribution is 9.11. The van der Waals surface area contributed by atoms with E-state index in [-0.39, 0.29) is 10.4 Å². The van der Waals surface area contributed by atoms with Crippen molar-refractivity contribution < 1.29 is 18.7 Å². The number of rotatable bonds is 3. The summed E-state index contributed by atoms with van der Waals surface area (Å²) >= 11 is 4.05. The third-order valence-electron chi connectivity index (χ3n) is 2.15. The zero-order valence-electron chi connectivity index (χ0n) is 8.05. The van der Waals surface area contributed by atoms with E-state index in [1.165, 1.54) is 13.0 Å². The van der Waals surface area contributed by atoms with Crippen LogP contribution in [0.25, 0.3) is 0 Å². The standard InChI is InChI=1S/C9H9BrF2O2S/c1-4(9(2,11)12)5-3-6(10)15-7(5)8(13)14/h3-4H,1-2H3,(H,13,14). The first-order valence-electron chi connectivity index (χ1n) is 4.13. The van der Waals surface area contributed by atoms with Gasteiger partial charge < -0.3 is 5.11 Å². The van der Waals surface area contributed by atoms with E-state index in [1.807, 2.05) is 0 Å². The van der Waals surface area contributed by atoms with Crippen molar-refractivity contribution in [2.45, 2.75) is 25.7 Å². The van der Waals surface area contributed by atoms with Gasteiger partial charge in [0.05, 0.1) is 3.79 Å². The van der Waals surface area contributed by atoms with E-state index < -0.39 is 17.8 Å². The molecule has 1 aromatic heterocycles. The van der Waals surface area contributed by atoms with Crippen molar-refractivity contribution in [3.05, 3.63) is 20.3 Å². The molecule has 0 aliphatic rings. The third kappa shape index (κ3) is 2.75. The molecule has 2 nitrogen and oxygen atoms in total. The Morgan fingerprint density at radius 3 is 2.60 bits per heavy atom. The number of carboxylic acids is 1. The summed E-state index contributed by atoms with van der Waals surface area (Å²) in [6.07, 6.45) is 0. The molecular formula is C9H9BrF2O2S. The summed E-state index contributed by atoms with van der Waals surface area (Å²) < 4.78 is 26.6. The minimum absolute atomic E-state index is 0.0316. The Hall–Kier alpha value is -0.490. The number of halogens is 3. The van der Waals surface area contributed by atoms with Crippen LogP contribution in [0.15, 0.2) is 9.85 Å². The molecule has 84 valence electrons. The Morgan fingerprint density at radius 1 is 1.67 bits per heavy atom. The lowest BCUT2D eigenvalue weighted by molar-refractivity contribution is -0.00234. The van der Waals surface area contributed by atoms with Crippen LogP contribution in [0.1, 0.15) is 35.0 Å². The topological polar surface area (TPSA) is 37.3 Å². The van der Waals surface area contributed by atoms with Crippen molar-refractivity contribution >= 4 is 33.2 Å². The second-order valence-corrected chi connectivity index (χ2v) is 5.75. The highest BCUT2D eigenvalue weighted by Gasteiger charge is 2.35. The van der Waals surface area contributed by atoms with E-state index in [4.69, 9.17) is 5.11 Å². The number of hydrogen-bond acceptors (Lipinski definition) is 2. The second-order valence-electron chi connectivity index (χ2n) is 3.32. The largest absolute Gasteiger partial charge is 0.477 e. The molecule has 0 aromatic carbocycles. The first-order valence-corrected chi connectivity index (χ1v) is 5.74. The number of carbonyl (C=O) groups is 1. The van der Waals surface area contributed by atoms with Gasteiger partial charge in [0.2, 0.25) is 0 Å². The highest BCUT2D eigenvalue weighted by atomic mass is 79.9. The Bertz CT molecular complexity index is 384. The second kappa shape index (κ2) is 4.17. The summed E-state index contributed by atoms with van der Waals surface area (Å²) in [5, 5.41) is 8.84. The third-order valence-corrected chi connectivity index (χ3v) is 3.79. The fourth-order valence-corrected chi connectivity index (χ4v) is 2.69.